The number of nitrogens with one attached hydrogen (secondary N) is 1. The smallest absolute Gasteiger partial charge is 0.129 e. The second-order valence-electron chi connectivity index (χ2n) is 10.2. The Morgan fingerprint density at radius 1 is 1.17 bits per heavy atom. The van der Waals surface area contributed by atoms with Crippen LogP contribution in [-0.4, -0.2) is 49.1 Å². The van der Waals surface area contributed by atoms with Crippen LogP contribution in [0.2, 0.25) is 0 Å². The summed E-state index contributed by atoms with van der Waals surface area (Å²) >= 11 is 0. The van der Waals surface area contributed by atoms with E-state index in [1.165, 1.54) is 0 Å². The molecule has 1 spiro atoms. The number of morpholine rings is 1. The van der Waals surface area contributed by atoms with Gasteiger partial charge < -0.3 is 9.64 Å². The summed E-state index contributed by atoms with van der Waals surface area (Å²) in [5, 5.41) is 11.8. The van der Waals surface area contributed by atoms with Crippen molar-refractivity contribution in [3.05, 3.63) is 89.8 Å². The number of ether oxygens (including phenoxy) is 1. The van der Waals surface area contributed by atoms with E-state index >= 15 is 0 Å². The molecule has 7 nitrogen and oxygen atoms in total. The lowest BCUT2D eigenvalue weighted by Gasteiger charge is -2.43. The Morgan fingerprint density at radius 2 is 1.97 bits per heavy atom. The van der Waals surface area contributed by atoms with E-state index in [2.05, 4.69) is 87.1 Å². The van der Waals surface area contributed by atoms with Crippen molar-refractivity contribution in [1.29, 1.82) is 5.26 Å². The summed E-state index contributed by atoms with van der Waals surface area (Å²) in [5.74, 6) is 1.22. The normalized spacial score (nSPS) is 25.1. The minimum absolute atomic E-state index is 0.260. The highest BCUT2D eigenvalue weighted by molar-refractivity contribution is 6.10. The zero-order valence-corrected chi connectivity index (χ0v) is 20.7. The van der Waals surface area contributed by atoms with Crippen molar-refractivity contribution in [3.63, 3.8) is 0 Å². The van der Waals surface area contributed by atoms with Gasteiger partial charge in [-0.15, -0.1) is 0 Å². The SMILES string of the molecule is CC(C)(C#N)c1ccc(N2NCC3C=CC=C4N=C(c5ccnc(N6CCOCC6)c5)C=CC432)cc1. The molecule has 2 unspecified atom stereocenters. The molecular weight excluding hydrogens is 448 g/mol. The fourth-order valence-corrected chi connectivity index (χ4v) is 5.46. The van der Waals surface area contributed by atoms with E-state index in [0.717, 1.165) is 66.9 Å². The fourth-order valence-electron chi connectivity index (χ4n) is 5.46. The number of nitrogens with zero attached hydrogens (tertiary/aromatic N) is 5. The number of aromatic nitrogens is 1. The highest BCUT2D eigenvalue weighted by atomic mass is 16.5. The molecule has 1 aromatic carbocycles. The quantitative estimate of drug-likeness (QED) is 0.718. The second-order valence-corrected chi connectivity index (χ2v) is 10.2. The minimum Gasteiger partial charge on any atom is -0.378 e. The van der Waals surface area contributed by atoms with E-state index in [1.807, 2.05) is 26.1 Å². The van der Waals surface area contributed by atoms with Gasteiger partial charge in [-0.1, -0.05) is 24.3 Å². The van der Waals surface area contributed by atoms with Crippen molar-refractivity contribution in [2.24, 2.45) is 10.9 Å². The van der Waals surface area contributed by atoms with E-state index in [-0.39, 0.29) is 5.92 Å². The molecule has 0 amide bonds. The largest absolute Gasteiger partial charge is 0.378 e. The lowest BCUT2D eigenvalue weighted by molar-refractivity contribution is 0.122. The standard InChI is InChI=1S/C29H30N6O/c1-28(2,20-30)22-6-8-24(9-7-22)35-29-12-10-25(33-26(29)5-3-4-23(29)19-32-35)21-11-13-31-27(18-21)34-14-16-36-17-15-34/h3-13,18,23,32H,14-17,19H2,1-2H3. The topological polar surface area (TPSA) is 76.8 Å². The van der Waals surface area contributed by atoms with Crippen molar-refractivity contribution >= 4 is 17.2 Å². The maximum absolute atomic E-state index is 9.52. The lowest BCUT2D eigenvalue weighted by atomic mass is 9.76. The van der Waals surface area contributed by atoms with E-state index < -0.39 is 11.0 Å². The first kappa shape index (κ1) is 22.7. The number of nitriles is 1. The third-order valence-corrected chi connectivity index (χ3v) is 7.65. The highest BCUT2D eigenvalue weighted by Crippen LogP contribution is 2.45. The summed E-state index contributed by atoms with van der Waals surface area (Å²) in [7, 11) is 0. The Labute approximate surface area is 212 Å². The first-order valence-corrected chi connectivity index (χ1v) is 12.5. The molecule has 1 aromatic heterocycles. The fraction of sp³-hybridized carbons (Fsp3) is 0.345. The van der Waals surface area contributed by atoms with Crippen LogP contribution in [0.5, 0.6) is 0 Å². The van der Waals surface area contributed by atoms with Crippen LogP contribution < -0.4 is 15.3 Å². The second kappa shape index (κ2) is 8.74. The molecule has 6 rings (SSSR count). The average molecular weight is 479 g/mol. The van der Waals surface area contributed by atoms with Crippen molar-refractivity contribution in [3.8, 4) is 6.07 Å². The third-order valence-electron chi connectivity index (χ3n) is 7.65. The number of pyridine rings is 1. The zero-order chi connectivity index (χ0) is 24.8. The number of dihydropyridines is 1. The van der Waals surface area contributed by atoms with Crippen LogP contribution in [0.1, 0.15) is 25.0 Å². The van der Waals surface area contributed by atoms with E-state index in [1.54, 1.807) is 0 Å². The first-order valence-electron chi connectivity index (χ1n) is 12.5. The third kappa shape index (κ3) is 3.65. The molecular formula is C29H30N6O. The number of hydrazine groups is 1. The molecule has 0 saturated carbocycles. The van der Waals surface area contributed by atoms with Gasteiger partial charge in [0.15, 0.2) is 0 Å². The maximum Gasteiger partial charge on any atom is 0.129 e. The lowest BCUT2D eigenvalue weighted by Crippen LogP contribution is -2.52. The number of anilines is 2. The van der Waals surface area contributed by atoms with Crippen LogP contribution in [0.3, 0.4) is 0 Å². The number of aliphatic imine (C=N–C) groups is 1. The Balaban J connectivity index is 1.33. The predicted molar refractivity (Wildman–Crippen MR) is 142 cm³/mol. The van der Waals surface area contributed by atoms with E-state index in [9.17, 15) is 5.26 Å². The molecule has 1 aliphatic carbocycles. The zero-order valence-electron chi connectivity index (χ0n) is 20.7. The Hall–Kier alpha value is -3.73. The van der Waals surface area contributed by atoms with Gasteiger partial charge >= 0.3 is 0 Å². The summed E-state index contributed by atoms with van der Waals surface area (Å²) in [6.07, 6.45) is 12.8. The van der Waals surface area contributed by atoms with Crippen LogP contribution in [-0.2, 0) is 10.2 Å². The van der Waals surface area contributed by atoms with Crippen molar-refractivity contribution < 1.29 is 4.74 Å². The summed E-state index contributed by atoms with van der Waals surface area (Å²) in [6, 6.07) is 14.8. The molecule has 182 valence electrons. The Bertz CT molecular complexity index is 1330. The summed E-state index contributed by atoms with van der Waals surface area (Å²) < 4.78 is 5.50. The van der Waals surface area contributed by atoms with Gasteiger partial charge in [-0.2, -0.15) is 5.26 Å². The summed E-state index contributed by atoms with van der Waals surface area (Å²) in [4.78, 5) is 12.0. The Morgan fingerprint density at radius 3 is 2.75 bits per heavy atom. The molecule has 2 aromatic rings. The number of hydrogen-bond acceptors (Lipinski definition) is 7. The molecule has 4 heterocycles. The molecule has 36 heavy (non-hydrogen) atoms. The van der Waals surface area contributed by atoms with E-state index in [0.29, 0.717) is 0 Å². The molecule has 1 N–H and O–H groups in total. The summed E-state index contributed by atoms with van der Waals surface area (Å²) in [6.45, 7) is 7.88. The van der Waals surface area contributed by atoms with Crippen LogP contribution in [0.4, 0.5) is 11.5 Å². The van der Waals surface area contributed by atoms with Crippen molar-refractivity contribution in [1.82, 2.24) is 10.4 Å². The van der Waals surface area contributed by atoms with Gasteiger partial charge in [0, 0.05) is 37.3 Å². The summed E-state index contributed by atoms with van der Waals surface area (Å²) in [5.41, 5.74) is 7.77. The number of benzene rings is 1. The van der Waals surface area contributed by atoms with Crippen molar-refractivity contribution in [2.75, 3.05) is 42.8 Å². The van der Waals surface area contributed by atoms with E-state index in [4.69, 9.17) is 9.73 Å². The van der Waals surface area contributed by atoms with Gasteiger partial charge in [0.05, 0.1) is 41.8 Å². The first-order chi connectivity index (χ1) is 17.5. The molecule has 7 heteroatoms. The molecule has 0 radical (unpaired) electrons. The molecule has 2 fully saturated rings. The molecule has 0 bridgehead atoms. The molecule has 3 aliphatic heterocycles. The maximum atomic E-state index is 9.52. The predicted octanol–water partition coefficient (Wildman–Crippen LogP) is 3.91. The Kier molecular flexibility index (Phi) is 5.51. The minimum atomic E-state index is -0.523. The van der Waals surface area contributed by atoms with Gasteiger partial charge in [-0.3, -0.25) is 5.01 Å². The van der Waals surface area contributed by atoms with Gasteiger partial charge in [0.25, 0.3) is 0 Å². The van der Waals surface area contributed by atoms with Crippen LogP contribution in [0.15, 0.2) is 83.7 Å². The highest BCUT2D eigenvalue weighted by Gasteiger charge is 2.51. The van der Waals surface area contributed by atoms with Crippen LogP contribution >= 0.6 is 0 Å². The number of allylic oxidation sites excluding steroid dienone is 3. The number of hydrogen-bond donors (Lipinski definition) is 1. The van der Waals surface area contributed by atoms with Crippen molar-refractivity contribution in [2.45, 2.75) is 24.8 Å². The van der Waals surface area contributed by atoms with Gasteiger partial charge in [-0.25, -0.2) is 15.4 Å². The average Bonchev–Trinajstić information content (AvgIpc) is 3.31. The van der Waals surface area contributed by atoms with Crippen LogP contribution in [0.25, 0.3) is 0 Å². The molecule has 2 saturated heterocycles. The van der Waals surface area contributed by atoms with Gasteiger partial charge in [0.2, 0.25) is 0 Å². The van der Waals surface area contributed by atoms with Gasteiger partial charge in [0.1, 0.15) is 11.4 Å². The number of rotatable bonds is 4. The monoisotopic (exact) mass is 478 g/mol. The molecule has 4 aliphatic rings. The van der Waals surface area contributed by atoms with Gasteiger partial charge in [-0.05, 0) is 61.9 Å². The van der Waals surface area contributed by atoms with Crippen LogP contribution in [0, 0.1) is 17.2 Å². The molecule has 2 atom stereocenters.